The molecular weight excluding hydrogens is 314 g/mol. The zero-order valence-electron chi connectivity index (χ0n) is 11.4. The molecule has 2 rings (SSSR count). The van der Waals surface area contributed by atoms with Crippen molar-refractivity contribution in [2.45, 2.75) is 17.6 Å². The van der Waals surface area contributed by atoms with E-state index < -0.39 is 15.8 Å². The van der Waals surface area contributed by atoms with Crippen LogP contribution in [0.1, 0.15) is 21.1 Å². The third-order valence-corrected chi connectivity index (χ3v) is 5.52. The summed E-state index contributed by atoms with van der Waals surface area (Å²) in [5.41, 5.74) is 0.569. The highest BCUT2D eigenvalue weighted by molar-refractivity contribution is 7.90. The minimum Gasteiger partial charge on any atom is -0.496 e. The number of hydrogen-bond donors (Lipinski definition) is 1. The third kappa shape index (κ3) is 3.40. The molecule has 1 aromatic heterocycles. The summed E-state index contributed by atoms with van der Waals surface area (Å²) in [7, 11) is -2.32. The van der Waals surface area contributed by atoms with Crippen LogP contribution in [-0.4, -0.2) is 31.6 Å². The minimum absolute atomic E-state index is 0.0615. The molecule has 6 nitrogen and oxygen atoms in total. The van der Waals surface area contributed by atoms with Crippen molar-refractivity contribution in [2.75, 3.05) is 7.11 Å². The topological polar surface area (TPSA) is 93.6 Å². The second kappa shape index (κ2) is 5.82. The number of ether oxygens (including phenoxy) is 1. The molecule has 0 aliphatic heterocycles. The first-order valence-corrected chi connectivity index (χ1v) is 8.42. The zero-order chi connectivity index (χ0) is 15.6. The molecule has 0 atom stereocenters. The van der Waals surface area contributed by atoms with Crippen LogP contribution >= 0.6 is 11.3 Å². The number of sulfone groups is 1. The van der Waals surface area contributed by atoms with Gasteiger partial charge in [-0.2, -0.15) is 0 Å². The molecule has 0 aliphatic rings. The predicted molar refractivity (Wildman–Crippen MR) is 77.7 cm³/mol. The van der Waals surface area contributed by atoms with Crippen LogP contribution in [0.5, 0.6) is 5.75 Å². The molecule has 0 fully saturated rings. The van der Waals surface area contributed by atoms with Gasteiger partial charge < -0.3 is 9.84 Å². The van der Waals surface area contributed by atoms with E-state index in [4.69, 9.17) is 9.84 Å². The second-order valence-electron chi connectivity index (χ2n) is 4.31. The summed E-state index contributed by atoms with van der Waals surface area (Å²) in [6.45, 7) is 1.78. The fourth-order valence-electron chi connectivity index (χ4n) is 1.76. The van der Waals surface area contributed by atoms with Gasteiger partial charge in [0, 0.05) is 11.1 Å². The lowest BCUT2D eigenvalue weighted by atomic mass is 10.2. The Bertz CT molecular complexity index is 780. The Hall–Kier alpha value is -1.93. The van der Waals surface area contributed by atoms with Crippen LogP contribution in [0.3, 0.4) is 0 Å². The highest BCUT2D eigenvalue weighted by atomic mass is 32.2. The van der Waals surface area contributed by atoms with Gasteiger partial charge in [0.05, 0.1) is 12.0 Å². The van der Waals surface area contributed by atoms with Gasteiger partial charge in [-0.3, -0.25) is 0 Å². The van der Waals surface area contributed by atoms with Crippen LogP contribution in [-0.2, 0) is 15.6 Å². The monoisotopic (exact) mass is 327 g/mol. The quantitative estimate of drug-likeness (QED) is 0.904. The zero-order valence-corrected chi connectivity index (χ0v) is 13.0. The Kier molecular flexibility index (Phi) is 4.29. The van der Waals surface area contributed by atoms with Crippen molar-refractivity contribution < 1.29 is 23.1 Å². The van der Waals surface area contributed by atoms with Gasteiger partial charge in [-0.15, -0.1) is 11.3 Å². The highest BCUT2D eigenvalue weighted by Crippen LogP contribution is 2.25. The second-order valence-corrected chi connectivity index (χ2v) is 7.24. The predicted octanol–water partition coefficient (Wildman–Crippen LogP) is 2.13. The first-order chi connectivity index (χ1) is 9.83. The maximum Gasteiger partial charge on any atom is 0.339 e. The average molecular weight is 327 g/mol. The number of rotatable bonds is 5. The molecule has 1 aromatic carbocycles. The van der Waals surface area contributed by atoms with E-state index >= 15 is 0 Å². The summed E-state index contributed by atoms with van der Waals surface area (Å²) in [5.74, 6) is -1.38. The maximum atomic E-state index is 12.3. The smallest absolute Gasteiger partial charge is 0.339 e. The van der Waals surface area contributed by atoms with Crippen LogP contribution in [0.4, 0.5) is 0 Å². The summed E-state index contributed by atoms with van der Waals surface area (Å²) in [6.07, 6.45) is 0. The number of thiazole rings is 1. The van der Waals surface area contributed by atoms with Crippen molar-refractivity contribution in [1.82, 2.24) is 4.98 Å². The molecule has 1 N–H and O–H groups in total. The lowest BCUT2D eigenvalue weighted by Crippen LogP contribution is -2.08. The Morgan fingerprint density at radius 1 is 1.43 bits per heavy atom. The lowest BCUT2D eigenvalue weighted by molar-refractivity contribution is 0.0693. The van der Waals surface area contributed by atoms with Gasteiger partial charge in [0.15, 0.2) is 9.84 Å². The van der Waals surface area contributed by atoms with Gasteiger partial charge in [-0.1, -0.05) is 0 Å². The van der Waals surface area contributed by atoms with E-state index in [1.165, 1.54) is 30.6 Å². The van der Waals surface area contributed by atoms with Gasteiger partial charge in [0.1, 0.15) is 22.1 Å². The third-order valence-electron chi connectivity index (χ3n) is 2.74. The first kappa shape index (κ1) is 15.5. The molecule has 0 saturated carbocycles. The molecule has 0 bridgehead atoms. The molecule has 8 heteroatoms. The number of hydrogen-bond acceptors (Lipinski definition) is 6. The van der Waals surface area contributed by atoms with Crippen molar-refractivity contribution in [2.24, 2.45) is 0 Å². The van der Waals surface area contributed by atoms with E-state index in [1.807, 2.05) is 0 Å². The number of aromatic nitrogens is 1. The molecule has 0 saturated heterocycles. The molecule has 0 spiro atoms. The van der Waals surface area contributed by atoms with Gasteiger partial charge in [-0.25, -0.2) is 18.2 Å². The van der Waals surface area contributed by atoms with E-state index in [-0.39, 0.29) is 22.0 Å². The summed E-state index contributed by atoms with van der Waals surface area (Å²) in [4.78, 5) is 15.2. The van der Waals surface area contributed by atoms with Gasteiger partial charge in [0.2, 0.25) is 0 Å². The lowest BCUT2D eigenvalue weighted by Gasteiger charge is -2.08. The van der Waals surface area contributed by atoms with E-state index in [9.17, 15) is 13.2 Å². The first-order valence-electron chi connectivity index (χ1n) is 5.88. The summed E-state index contributed by atoms with van der Waals surface area (Å²) in [6, 6.07) is 3.78. The SMILES string of the molecule is COc1ccc(S(=O)(=O)Cc2nc(C)cs2)cc1C(=O)O. The van der Waals surface area contributed by atoms with Crippen molar-refractivity contribution in [1.29, 1.82) is 0 Å². The van der Waals surface area contributed by atoms with Crippen LogP contribution in [0.15, 0.2) is 28.5 Å². The van der Waals surface area contributed by atoms with Crippen molar-refractivity contribution in [3.63, 3.8) is 0 Å². The van der Waals surface area contributed by atoms with Crippen molar-refractivity contribution in [3.05, 3.63) is 39.8 Å². The van der Waals surface area contributed by atoms with Gasteiger partial charge in [-0.05, 0) is 25.1 Å². The van der Waals surface area contributed by atoms with Gasteiger partial charge >= 0.3 is 5.97 Å². The molecule has 21 heavy (non-hydrogen) atoms. The molecule has 2 aromatic rings. The maximum absolute atomic E-state index is 12.3. The fraction of sp³-hybridized carbons (Fsp3) is 0.231. The molecule has 0 amide bonds. The molecule has 0 aliphatic carbocycles. The number of benzene rings is 1. The van der Waals surface area contributed by atoms with Crippen LogP contribution in [0.2, 0.25) is 0 Å². The Labute approximate surface area is 126 Å². The van der Waals surface area contributed by atoms with Crippen molar-refractivity contribution >= 4 is 27.1 Å². The van der Waals surface area contributed by atoms with Crippen LogP contribution in [0.25, 0.3) is 0 Å². The molecule has 112 valence electrons. The molecular formula is C13H13NO5S2. The number of carboxylic acids is 1. The molecule has 0 radical (unpaired) electrons. The Morgan fingerprint density at radius 3 is 2.67 bits per heavy atom. The summed E-state index contributed by atoms with van der Waals surface area (Å²) >= 11 is 1.26. The Balaban J connectivity index is 2.40. The van der Waals surface area contributed by atoms with E-state index in [2.05, 4.69) is 4.98 Å². The fourth-order valence-corrected chi connectivity index (χ4v) is 4.19. The Morgan fingerprint density at radius 2 is 2.14 bits per heavy atom. The normalized spacial score (nSPS) is 11.3. The largest absolute Gasteiger partial charge is 0.496 e. The standard InChI is InChI=1S/C13H13NO5S2/c1-8-6-20-12(14-8)7-21(17,18)9-3-4-11(19-2)10(5-9)13(15)16/h3-6H,7H2,1-2H3,(H,15,16). The summed E-state index contributed by atoms with van der Waals surface area (Å²) in [5, 5.41) is 11.3. The summed E-state index contributed by atoms with van der Waals surface area (Å²) < 4.78 is 29.5. The minimum atomic E-state index is -3.65. The van der Waals surface area contributed by atoms with E-state index in [0.29, 0.717) is 5.01 Å². The number of carbonyl (C=O) groups is 1. The average Bonchev–Trinajstić information content (AvgIpc) is 2.82. The highest BCUT2D eigenvalue weighted by Gasteiger charge is 2.21. The van der Waals surface area contributed by atoms with Gasteiger partial charge in [0.25, 0.3) is 0 Å². The number of methoxy groups -OCH3 is 1. The van der Waals surface area contributed by atoms with Crippen molar-refractivity contribution in [3.8, 4) is 5.75 Å². The molecule has 0 unspecified atom stereocenters. The molecule has 1 heterocycles. The number of aryl methyl sites for hydroxylation is 1. The van der Waals surface area contributed by atoms with Crippen LogP contribution < -0.4 is 4.74 Å². The number of carboxylic acid groups (broad SMARTS) is 1. The van der Waals surface area contributed by atoms with Crippen LogP contribution in [0, 0.1) is 6.92 Å². The van der Waals surface area contributed by atoms with E-state index in [0.717, 1.165) is 11.8 Å². The number of aromatic carboxylic acids is 1. The number of nitrogens with zero attached hydrogens (tertiary/aromatic N) is 1. The van der Waals surface area contributed by atoms with E-state index in [1.54, 1.807) is 12.3 Å².